The third-order valence-corrected chi connectivity index (χ3v) is 4.95. The Bertz CT molecular complexity index is 640. The molecule has 1 aliphatic rings. The van der Waals surface area contributed by atoms with Crippen LogP contribution in [0.1, 0.15) is 16.5 Å². The number of urea groups is 1. The second kappa shape index (κ2) is 6.69. The summed E-state index contributed by atoms with van der Waals surface area (Å²) in [6, 6.07) is 9.47. The molecule has 0 radical (unpaired) electrons. The first-order valence-corrected chi connectivity index (χ1v) is 8.37. The molecule has 1 fully saturated rings. The number of amides is 2. The maximum Gasteiger partial charge on any atom is 0.322 e. The summed E-state index contributed by atoms with van der Waals surface area (Å²) in [5.74, 6) is 0. The van der Waals surface area contributed by atoms with Gasteiger partial charge in [0.25, 0.3) is 0 Å². The van der Waals surface area contributed by atoms with Gasteiger partial charge in [0.1, 0.15) is 6.10 Å². The highest BCUT2D eigenvalue weighted by Gasteiger charge is 2.26. The quantitative estimate of drug-likeness (QED) is 0.887. The number of benzene rings is 1. The third kappa shape index (κ3) is 3.27. The number of aryl methyl sites for hydroxylation is 1. The van der Waals surface area contributed by atoms with E-state index in [2.05, 4.69) is 5.32 Å². The molecule has 2 aromatic rings. The number of anilines is 1. The first kappa shape index (κ1) is 15.3. The van der Waals surface area contributed by atoms with E-state index in [1.165, 1.54) is 0 Å². The Labute approximate surface area is 138 Å². The van der Waals surface area contributed by atoms with E-state index >= 15 is 0 Å². The zero-order chi connectivity index (χ0) is 15.5. The van der Waals surface area contributed by atoms with Gasteiger partial charge in [-0.3, -0.25) is 0 Å². The minimum atomic E-state index is -0.138. The molecule has 0 aliphatic carbocycles. The highest BCUT2D eigenvalue weighted by atomic mass is 35.5. The number of ether oxygens (including phenoxy) is 1. The molecule has 0 spiro atoms. The van der Waals surface area contributed by atoms with E-state index in [1.54, 1.807) is 22.3 Å². The van der Waals surface area contributed by atoms with Crippen LogP contribution in [0, 0.1) is 6.92 Å². The Morgan fingerprint density at radius 2 is 2.27 bits per heavy atom. The zero-order valence-corrected chi connectivity index (χ0v) is 13.8. The van der Waals surface area contributed by atoms with Crippen LogP contribution in [0.5, 0.6) is 0 Å². The van der Waals surface area contributed by atoms with Gasteiger partial charge in [-0.05, 0) is 30.0 Å². The number of hydrogen-bond acceptors (Lipinski definition) is 3. The van der Waals surface area contributed by atoms with E-state index in [0.29, 0.717) is 30.4 Å². The molecule has 4 nitrogen and oxygen atoms in total. The van der Waals surface area contributed by atoms with Crippen LogP contribution in [-0.4, -0.2) is 30.6 Å². The van der Waals surface area contributed by atoms with Crippen LogP contribution in [0.3, 0.4) is 0 Å². The van der Waals surface area contributed by atoms with Crippen LogP contribution in [0.2, 0.25) is 5.02 Å². The van der Waals surface area contributed by atoms with E-state index < -0.39 is 0 Å². The molecule has 0 unspecified atom stereocenters. The first-order chi connectivity index (χ1) is 10.6. The number of nitrogens with one attached hydrogen (secondary N) is 1. The number of halogens is 1. The van der Waals surface area contributed by atoms with Crippen molar-refractivity contribution in [2.24, 2.45) is 0 Å². The summed E-state index contributed by atoms with van der Waals surface area (Å²) in [4.78, 5) is 15.4. The van der Waals surface area contributed by atoms with E-state index in [4.69, 9.17) is 16.3 Å². The predicted molar refractivity (Wildman–Crippen MR) is 89.8 cm³/mol. The molecular weight excluding hydrogens is 320 g/mol. The summed E-state index contributed by atoms with van der Waals surface area (Å²) < 4.78 is 5.76. The lowest BCUT2D eigenvalue weighted by Crippen LogP contribution is -2.44. The lowest BCUT2D eigenvalue weighted by atomic mass is 10.2. The smallest absolute Gasteiger partial charge is 0.322 e. The Hall–Kier alpha value is -1.56. The van der Waals surface area contributed by atoms with Gasteiger partial charge in [0.15, 0.2) is 0 Å². The van der Waals surface area contributed by atoms with Gasteiger partial charge in [-0.25, -0.2) is 4.79 Å². The number of thiophene rings is 1. The number of hydrogen-bond donors (Lipinski definition) is 1. The summed E-state index contributed by atoms with van der Waals surface area (Å²) in [6.07, 6.45) is -0.0492. The number of morpholine rings is 1. The molecular formula is C16H17ClN2O2S. The molecule has 1 aromatic carbocycles. The van der Waals surface area contributed by atoms with Crippen molar-refractivity contribution in [2.75, 3.05) is 25.0 Å². The Balaban J connectivity index is 1.70. The van der Waals surface area contributed by atoms with Crippen LogP contribution in [0.4, 0.5) is 10.5 Å². The highest BCUT2D eigenvalue weighted by Crippen LogP contribution is 2.28. The van der Waals surface area contributed by atoms with Crippen molar-refractivity contribution in [1.82, 2.24) is 4.90 Å². The molecule has 1 aromatic heterocycles. The van der Waals surface area contributed by atoms with Crippen LogP contribution in [-0.2, 0) is 4.74 Å². The average molecular weight is 337 g/mol. The van der Waals surface area contributed by atoms with E-state index in [0.717, 1.165) is 10.4 Å². The van der Waals surface area contributed by atoms with Crippen LogP contribution >= 0.6 is 22.9 Å². The van der Waals surface area contributed by atoms with Crippen LogP contribution in [0.15, 0.2) is 35.7 Å². The van der Waals surface area contributed by atoms with Gasteiger partial charge >= 0.3 is 6.03 Å². The van der Waals surface area contributed by atoms with Gasteiger partial charge in [0.05, 0.1) is 23.9 Å². The van der Waals surface area contributed by atoms with Gasteiger partial charge < -0.3 is 15.0 Å². The number of carbonyl (C=O) groups is 1. The molecule has 0 bridgehead atoms. The molecule has 2 heterocycles. The summed E-state index contributed by atoms with van der Waals surface area (Å²) in [7, 11) is 0. The lowest BCUT2D eigenvalue weighted by molar-refractivity contribution is -0.0115. The maximum atomic E-state index is 12.5. The number of rotatable bonds is 2. The summed E-state index contributed by atoms with van der Waals surface area (Å²) in [5.41, 5.74) is 1.62. The lowest BCUT2D eigenvalue weighted by Gasteiger charge is -2.32. The number of para-hydroxylation sites is 1. The molecule has 0 saturated carbocycles. The normalized spacial score (nSPS) is 18.3. The Kier molecular flexibility index (Phi) is 4.66. The molecule has 22 heavy (non-hydrogen) atoms. The van der Waals surface area contributed by atoms with Crippen molar-refractivity contribution in [3.63, 3.8) is 0 Å². The fourth-order valence-corrected chi connectivity index (χ4v) is 3.49. The summed E-state index contributed by atoms with van der Waals surface area (Å²) >= 11 is 7.81. The average Bonchev–Trinajstić information content (AvgIpc) is 3.05. The molecule has 3 rings (SSSR count). The Morgan fingerprint density at radius 3 is 3.00 bits per heavy atom. The molecule has 1 atom stereocenters. The molecule has 2 amide bonds. The SMILES string of the molecule is Cc1cccc(Cl)c1NC(=O)N1CCO[C@@H](c2cccs2)C1. The molecule has 1 N–H and O–H groups in total. The summed E-state index contributed by atoms with van der Waals surface area (Å²) in [5, 5.41) is 5.49. The maximum absolute atomic E-state index is 12.5. The molecule has 1 aliphatic heterocycles. The van der Waals surface area contributed by atoms with Crippen LogP contribution in [0.25, 0.3) is 0 Å². The molecule has 116 valence electrons. The molecule has 1 saturated heterocycles. The zero-order valence-electron chi connectivity index (χ0n) is 12.2. The second-order valence-electron chi connectivity index (χ2n) is 5.18. The van der Waals surface area contributed by atoms with Crippen molar-refractivity contribution in [1.29, 1.82) is 0 Å². The van der Waals surface area contributed by atoms with Gasteiger partial charge in [-0.15, -0.1) is 11.3 Å². The van der Waals surface area contributed by atoms with Gasteiger partial charge in [-0.2, -0.15) is 0 Å². The number of carbonyl (C=O) groups excluding carboxylic acids is 1. The van der Waals surface area contributed by atoms with Gasteiger partial charge in [-0.1, -0.05) is 29.8 Å². The van der Waals surface area contributed by atoms with Crippen molar-refractivity contribution < 1.29 is 9.53 Å². The fraction of sp³-hybridized carbons (Fsp3) is 0.312. The first-order valence-electron chi connectivity index (χ1n) is 7.11. The van der Waals surface area contributed by atoms with E-state index in [9.17, 15) is 4.79 Å². The van der Waals surface area contributed by atoms with E-state index in [-0.39, 0.29) is 12.1 Å². The van der Waals surface area contributed by atoms with Crippen molar-refractivity contribution in [3.8, 4) is 0 Å². The Morgan fingerprint density at radius 1 is 1.41 bits per heavy atom. The topological polar surface area (TPSA) is 41.6 Å². The predicted octanol–water partition coefficient (Wildman–Crippen LogP) is 4.32. The van der Waals surface area contributed by atoms with Gasteiger partial charge in [0, 0.05) is 11.4 Å². The largest absolute Gasteiger partial charge is 0.369 e. The second-order valence-corrected chi connectivity index (χ2v) is 6.57. The molecule has 6 heteroatoms. The number of nitrogens with zero attached hydrogens (tertiary/aromatic N) is 1. The van der Waals surface area contributed by atoms with Crippen LogP contribution < -0.4 is 5.32 Å². The minimum absolute atomic E-state index is 0.0492. The van der Waals surface area contributed by atoms with Crippen molar-refractivity contribution in [3.05, 3.63) is 51.2 Å². The van der Waals surface area contributed by atoms with Crippen molar-refractivity contribution >= 4 is 34.7 Å². The third-order valence-electron chi connectivity index (χ3n) is 3.67. The standard InChI is InChI=1S/C16H17ClN2O2S/c1-11-4-2-5-12(17)15(11)18-16(20)19-7-8-21-13(10-19)14-6-3-9-22-14/h2-6,9,13H,7-8,10H2,1H3,(H,18,20)/t13-/m1/s1. The van der Waals surface area contributed by atoms with Gasteiger partial charge in [0.2, 0.25) is 0 Å². The monoisotopic (exact) mass is 336 g/mol. The van der Waals surface area contributed by atoms with Crippen molar-refractivity contribution in [2.45, 2.75) is 13.0 Å². The highest BCUT2D eigenvalue weighted by molar-refractivity contribution is 7.10. The minimum Gasteiger partial charge on any atom is -0.369 e. The van der Waals surface area contributed by atoms with E-state index in [1.807, 2.05) is 36.6 Å². The fourth-order valence-electron chi connectivity index (χ4n) is 2.46. The summed E-state index contributed by atoms with van der Waals surface area (Å²) in [6.45, 7) is 3.60.